The molecule has 1 aliphatic heterocycles. The average Bonchev–Trinajstić information content (AvgIpc) is 3.06. The molecule has 1 saturated heterocycles. The molecule has 1 fully saturated rings. The van der Waals surface area contributed by atoms with Gasteiger partial charge in [0.05, 0.1) is 24.1 Å². The third-order valence-corrected chi connectivity index (χ3v) is 3.93. The van der Waals surface area contributed by atoms with Crippen molar-refractivity contribution in [3.63, 3.8) is 0 Å². The Morgan fingerprint density at radius 2 is 1.86 bits per heavy atom. The van der Waals surface area contributed by atoms with Gasteiger partial charge in [0, 0.05) is 38.9 Å². The highest BCUT2D eigenvalue weighted by atomic mass is 16.3. The van der Waals surface area contributed by atoms with Gasteiger partial charge in [-0.15, -0.1) is 0 Å². The van der Waals surface area contributed by atoms with E-state index in [1.54, 1.807) is 17.1 Å². The Balaban J connectivity index is 1.65. The van der Waals surface area contributed by atoms with E-state index in [1.807, 2.05) is 35.2 Å². The molecule has 116 valence electrons. The number of hydrogen-bond donors (Lipinski definition) is 1. The molecule has 22 heavy (non-hydrogen) atoms. The van der Waals surface area contributed by atoms with Crippen molar-refractivity contribution in [2.45, 2.75) is 0 Å². The van der Waals surface area contributed by atoms with E-state index in [0.717, 1.165) is 18.8 Å². The molecular weight excluding hydrogens is 280 g/mol. The maximum atomic E-state index is 12.5. The number of piperazine rings is 1. The fraction of sp³-hybridized carbons (Fsp3) is 0.375. The highest BCUT2D eigenvalue weighted by Crippen LogP contribution is 2.11. The number of aromatic nitrogens is 2. The summed E-state index contributed by atoms with van der Waals surface area (Å²) in [4.78, 5) is 16.5. The summed E-state index contributed by atoms with van der Waals surface area (Å²) < 4.78 is 1.72. The van der Waals surface area contributed by atoms with Gasteiger partial charge in [-0.2, -0.15) is 5.10 Å². The van der Waals surface area contributed by atoms with Crippen molar-refractivity contribution in [2.24, 2.45) is 0 Å². The van der Waals surface area contributed by atoms with E-state index < -0.39 is 0 Å². The van der Waals surface area contributed by atoms with Crippen LogP contribution in [0.3, 0.4) is 0 Å². The van der Waals surface area contributed by atoms with Crippen molar-refractivity contribution in [2.75, 3.05) is 39.3 Å². The molecular formula is C16H20N4O2. The summed E-state index contributed by atoms with van der Waals surface area (Å²) in [6.45, 7) is 3.83. The summed E-state index contributed by atoms with van der Waals surface area (Å²) in [5.74, 6) is 0.0193. The maximum Gasteiger partial charge on any atom is 0.257 e. The van der Waals surface area contributed by atoms with Crippen molar-refractivity contribution < 1.29 is 9.90 Å². The van der Waals surface area contributed by atoms with Gasteiger partial charge in [0.15, 0.2) is 0 Å². The number of aliphatic hydroxyl groups is 1. The zero-order valence-electron chi connectivity index (χ0n) is 12.4. The lowest BCUT2D eigenvalue weighted by molar-refractivity contribution is 0.0615. The molecule has 1 aromatic heterocycles. The van der Waals surface area contributed by atoms with Gasteiger partial charge in [-0.05, 0) is 12.1 Å². The lowest BCUT2D eigenvalue weighted by atomic mass is 10.2. The number of benzene rings is 1. The number of para-hydroxylation sites is 1. The molecule has 0 bridgehead atoms. The minimum absolute atomic E-state index is 0.0193. The quantitative estimate of drug-likeness (QED) is 0.899. The van der Waals surface area contributed by atoms with Crippen LogP contribution in [0, 0.1) is 0 Å². The fourth-order valence-electron chi connectivity index (χ4n) is 2.65. The topological polar surface area (TPSA) is 61.6 Å². The number of nitrogens with zero attached hydrogens (tertiary/aromatic N) is 4. The largest absolute Gasteiger partial charge is 0.395 e. The molecule has 0 saturated carbocycles. The van der Waals surface area contributed by atoms with Gasteiger partial charge < -0.3 is 10.0 Å². The predicted molar refractivity (Wildman–Crippen MR) is 83.0 cm³/mol. The first-order chi connectivity index (χ1) is 10.8. The maximum absolute atomic E-state index is 12.5. The van der Waals surface area contributed by atoms with E-state index in [1.165, 1.54) is 0 Å². The van der Waals surface area contributed by atoms with Crippen LogP contribution >= 0.6 is 0 Å². The van der Waals surface area contributed by atoms with E-state index in [2.05, 4.69) is 10.00 Å². The molecule has 0 aliphatic carbocycles. The number of hydrogen-bond acceptors (Lipinski definition) is 4. The molecule has 1 amide bonds. The Hall–Kier alpha value is -2.18. The molecule has 2 heterocycles. The highest BCUT2D eigenvalue weighted by molar-refractivity contribution is 5.93. The molecule has 0 unspecified atom stereocenters. The summed E-state index contributed by atoms with van der Waals surface area (Å²) in [7, 11) is 0. The average molecular weight is 300 g/mol. The second-order valence-electron chi connectivity index (χ2n) is 5.37. The van der Waals surface area contributed by atoms with Crippen LogP contribution in [-0.2, 0) is 0 Å². The molecule has 1 N–H and O–H groups in total. The van der Waals surface area contributed by atoms with Crippen LogP contribution in [0.1, 0.15) is 10.4 Å². The molecule has 1 aromatic carbocycles. The number of rotatable bonds is 4. The molecule has 2 aromatic rings. The normalized spacial score (nSPS) is 16.0. The summed E-state index contributed by atoms with van der Waals surface area (Å²) >= 11 is 0. The SMILES string of the molecule is O=C(c1cnn(-c2ccccc2)c1)N1CCN(CCO)CC1. The lowest BCUT2D eigenvalue weighted by Crippen LogP contribution is -2.49. The van der Waals surface area contributed by atoms with Gasteiger partial charge in [-0.1, -0.05) is 18.2 Å². The Morgan fingerprint density at radius 1 is 1.14 bits per heavy atom. The lowest BCUT2D eigenvalue weighted by Gasteiger charge is -2.34. The predicted octanol–water partition coefficient (Wildman–Crippen LogP) is 0.622. The van der Waals surface area contributed by atoms with Crippen LogP contribution < -0.4 is 0 Å². The van der Waals surface area contributed by atoms with E-state index in [9.17, 15) is 4.79 Å². The van der Waals surface area contributed by atoms with Crippen molar-refractivity contribution in [3.8, 4) is 5.69 Å². The smallest absolute Gasteiger partial charge is 0.257 e. The summed E-state index contributed by atoms with van der Waals surface area (Å²) in [5, 5.41) is 13.2. The number of carbonyl (C=O) groups is 1. The van der Waals surface area contributed by atoms with Gasteiger partial charge in [-0.25, -0.2) is 4.68 Å². The van der Waals surface area contributed by atoms with Crippen LogP contribution in [0.25, 0.3) is 5.69 Å². The minimum Gasteiger partial charge on any atom is -0.395 e. The van der Waals surface area contributed by atoms with Gasteiger partial charge in [0.1, 0.15) is 0 Å². The number of carbonyl (C=O) groups excluding carboxylic acids is 1. The Bertz CT molecular complexity index is 618. The molecule has 0 radical (unpaired) electrons. The first kappa shape index (κ1) is 14.7. The van der Waals surface area contributed by atoms with Crippen molar-refractivity contribution in [3.05, 3.63) is 48.3 Å². The van der Waals surface area contributed by atoms with Crippen LogP contribution in [0.4, 0.5) is 0 Å². The monoisotopic (exact) mass is 300 g/mol. The van der Waals surface area contributed by atoms with Crippen LogP contribution in [0.15, 0.2) is 42.7 Å². The molecule has 0 spiro atoms. The molecule has 6 nitrogen and oxygen atoms in total. The fourth-order valence-corrected chi connectivity index (χ4v) is 2.65. The molecule has 3 rings (SSSR count). The third kappa shape index (κ3) is 3.18. The first-order valence-corrected chi connectivity index (χ1v) is 7.50. The van der Waals surface area contributed by atoms with E-state index in [0.29, 0.717) is 25.2 Å². The summed E-state index contributed by atoms with van der Waals surface area (Å²) in [6, 6.07) is 9.74. The summed E-state index contributed by atoms with van der Waals surface area (Å²) in [6.07, 6.45) is 3.40. The second kappa shape index (κ2) is 6.72. The molecule has 6 heteroatoms. The Labute approximate surface area is 129 Å². The highest BCUT2D eigenvalue weighted by Gasteiger charge is 2.22. The van der Waals surface area contributed by atoms with Crippen molar-refractivity contribution >= 4 is 5.91 Å². The minimum atomic E-state index is 0.0193. The zero-order chi connectivity index (χ0) is 15.4. The summed E-state index contributed by atoms with van der Waals surface area (Å²) in [5.41, 5.74) is 1.55. The van der Waals surface area contributed by atoms with E-state index in [4.69, 9.17) is 5.11 Å². The standard InChI is InChI=1S/C16H20N4O2/c21-11-10-18-6-8-19(9-7-18)16(22)14-12-17-20(13-14)15-4-2-1-3-5-15/h1-5,12-13,21H,6-11H2. The van der Waals surface area contributed by atoms with Crippen LogP contribution in [0.2, 0.25) is 0 Å². The van der Waals surface area contributed by atoms with Crippen molar-refractivity contribution in [1.82, 2.24) is 19.6 Å². The zero-order valence-corrected chi connectivity index (χ0v) is 12.4. The number of amides is 1. The number of β-amino-alcohol motifs (C(OH)–C–C–N with tert-alkyl or cyclic N) is 1. The van der Waals surface area contributed by atoms with Crippen LogP contribution in [-0.4, -0.2) is 69.9 Å². The second-order valence-corrected chi connectivity index (χ2v) is 5.37. The Kier molecular flexibility index (Phi) is 4.50. The van der Waals surface area contributed by atoms with E-state index in [-0.39, 0.29) is 12.5 Å². The molecule has 1 aliphatic rings. The number of aliphatic hydroxyl groups excluding tert-OH is 1. The van der Waals surface area contributed by atoms with Gasteiger partial charge in [0.2, 0.25) is 0 Å². The van der Waals surface area contributed by atoms with Crippen molar-refractivity contribution in [1.29, 1.82) is 0 Å². The van der Waals surface area contributed by atoms with Gasteiger partial charge in [-0.3, -0.25) is 9.69 Å². The Morgan fingerprint density at radius 3 is 2.55 bits per heavy atom. The third-order valence-electron chi connectivity index (χ3n) is 3.93. The molecule has 0 atom stereocenters. The van der Waals surface area contributed by atoms with Crippen LogP contribution in [0.5, 0.6) is 0 Å². The van der Waals surface area contributed by atoms with E-state index >= 15 is 0 Å². The van der Waals surface area contributed by atoms with Gasteiger partial charge >= 0.3 is 0 Å². The first-order valence-electron chi connectivity index (χ1n) is 7.50. The van der Waals surface area contributed by atoms with Gasteiger partial charge in [0.25, 0.3) is 5.91 Å².